The number of nitrogens with zero attached hydrogens (tertiary/aromatic N) is 2. The summed E-state index contributed by atoms with van der Waals surface area (Å²) in [6.07, 6.45) is 3.05. The monoisotopic (exact) mass is 217 g/mol. The lowest BCUT2D eigenvalue weighted by atomic mass is 10.3. The summed E-state index contributed by atoms with van der Waals surface area (Å²) in [6.45, 7) is 0.318. The molecule has 0 aliphatic heterocycles. The second-order valence-electron chi connectivity index (χ2n) is 3.22. The number of benzene rings is 1. The van der Waals surface area contributed by atoms with E-state index in [4.69, 9.17) is 15.6 Å². The standard InChI is InChI=1S/C11H11N3O2/c12-11-6-13-8(5-14-11)7-16-10-3-1-9(15)2-4-10/h1-6,15H,7H2,(H2,12,14). The van der Waals surface area contributed by atoms with E-state index in [1.807, 2.05) is 0 Å². The Labute approximate surface area is 92.5 Å². The third-order valence-corrected chi connectivity index (χ3v) is 1.95. The van der Waals surface area contributed by atoms with E-state index in [2.05, 4.69) is 9.97 Å². The van der Waals surface area contributed by atoms with Crippen LogP contribution in [0.5, 0.6) is 11.5 Å². The number of nitrogen functional groups attached to an aromatic ring is 1. The molecule has 0 aliphatic carbocycles. The topological polar surface area (TPSA) is 81.3 Å². The molecule has 3 N–H and O–H groups in total. The first-order valence-electron chi connectivity index (χ1n) is 4.72. The summed E-state index contributed by atoms with van der Waals surface area (Å²) in [4.78, 5) is 7.95. The first kappa shape index (κ1) is 10.2. The maximum absolute atomic E-state index is 9.08. The Kier molecular flexibility index (Phi) is 2.86. The van der Waals surface area contributed by atoms with Crippen LogP contribution in [0.1, 0.15) is 5.69 Å². The number of aromatic hydroxyl groups is 1. The van der Waals surface area contributed by atoms with E-state index >= 15 is 0 Å². The van der Waals surface area contributed by atoms with Gasteiger partial charge in [0.15, 0.2) is 0 Å². The highest BCUT2D eigenvalue weighted by atomic mass is 16.5. The second kappa shape index (κ2) is 4.48. The number of phenolic OH excluding ortho intramolecular Hbond substituents is 1. The lowest BCUT2D eigenvalue weighted by Crippen LogP contribution is -2.00. The molecule has 0 saturated heterocycles. The molecule has 2 aromatic rings. The van der Waals surface area contributed by atoms with E-state index in [0.717, 1.165) is 0 Å². The molecule has 0 bridgehead atoms. The molecule has 1 aromatic carbocycles. The third kappa shape index (κ3) is 2.60. The van der Waals surface area contributed by atoms with Crippen LogP contribution in [0.15, 0.2) is 36.7 Å². The summed E-state index contributed by atoms with van der Waals surface area (Å²) in [5.74, 6) is 1.25. The SMILES string of the molecule is Nc1cnc(COc2ccc(O)cc2)cn1. The van der Waals surface area contributed by atoms with E-state index < -0.39 is 0 Å². The minimum absolute atomic E-state index is 0.208. The highest BCUT2D eigenvalue weighted by molar-refractivity contribution is 5.30. The normalized spacial score (nSPS) is 10.0. The molecule has 2 rings (SSSR count). The summed E-state index contributed by atoms with van der Waals surface area (Å²) in [5, 5.41) is 9.08. The van der Waals surface area contributed by atoms with Gasteiger partial charge in [-0.25, -0.2) is 4.98 Å². The zero-order chi connectivity index (χ0) is 11.4. The quantitative estimate of drug-likeness (QED) is 0.810. The minimum Gasteiger partial charge on any atom is -0.508 e. The second-order valence-corrected chi connectivity index (χ2v) is 3.22. The number of aromatic nitrogens is 2. The van der Waals surface area contributed by atoms with Crippen molar-refractivity contribution in [1.29, 1.82) is 0 Å². The van der Waals surface area contributed by atoms with Gasteiger partial charge in [-0.15, -0.1) is 0 Å². The first-order chi connectivity index (χ1) is 7.74. The highest BCUT2D eigenvalue weighted by Crippen LogP contribution is 2.16. The van der Waals surface area contributed by atoms with Crippen molar-refractivity contribution in [3.8, 4) is 11.5 Å². The molecule has 1 aromatic heterocycles. The number of hydrogen-bond acceptors (Lipinski definition) is 5. The zero-order valence-corrected chi connectivity index (χ0v) is 8.50. The molecule has 0 aliphatic rings. The van der Waals surface area contributed by atoms with Crippen molar-refractivity contribution in [2.24, 2.45) is 0 Å². The highest BCUT2D eigenvalue weighted by Gasteiger charge is 1.98. The van der Waals surface area contributed by atoms with E-state index in [0.29, 0.717) is 23.9 Å². The molecule has 0 fully saturated rings. The van der Waals surface area contributed by atoms with Gasteiger partial charge in [-0.1, -0.05) is 0 Å². The van der Waals surface area contributed by atoms with Gasteiger partial charge in [0.25, 0.3) is 0 Å². The molecule has 0 amide bonds. The number of hydrogen-bond donors (Lipinski definition) is 2. The number of rotatable bonds is 3. The maximum Gasteiger partial charge on any atom is 0.141 e. The van der Waals surface area contributed by atoms with Crippen LogP contribution in [0.2, 0.25) is 0 Å². The summed E-state index contributed by atoms with van der Waals surface area (Å²) in [7, 11) is 0. The molecule has 16 heavy (non-hydrogen) atoms. The first-order valence-corrected chi connectivity index (χ1v) is 4.72. The number of ether oxygens (including phenoxy) is 1. The fourth-order valence-electron chi connectivity index (χ4n) is 1.14. The van der Waals surface area contributed by atoms with Gasteiger partial charge < -0.3 is 15.6 Å². The molecule has 5 heteroatoms. The minimum atomic E-state index is 0.208. The van der Waals surface area contributed by atoms with Crippen molar-refractivity contribution in [1.82, 2.24) is 9.97 Å². The predicted molar refractivity (Wildman–Crippen MR) is 58.9 cm³/mol. The van der Waals surface area contributed by atoms with Crippen LogP contribution in [0.4, 0.5) is 5.82 Å². The summed E-state index contributed by atoms with van der Waals surface area (Å²) >= 11 is 0. The fourth-order valence-corrected chi connectivity index (χ4v) is 1.14. The fraction of sp³-hybridized carbons (Fsp3) is 0.0909. The average Bonchev–Trinajstić information content (AvgIpc) is 2.30. The van der Waals surface area contributed by atoms with Crippen LogP contribution in [0.3, 0.4) is 0 Å². The van der Waals surface area contributed by atoms with E-state index in [-0.39, 0.29) is 5.75 Å². The Morgan fingerprint density at radius 2 is 1.88 bits per heavy atom. The van der Waals surface area contributed by atoms with Crippen molar-refractivity contribution >= 4 is 5.82 Å². The Bertz CT molecular complexity index is 408. The van der Waals surface area contributed by atoms with Crippen LogP contribution in [-0.4, -0.2) is 15.1 Å². The molecule has 0 atom stereocenters. The van der Waals surface area contributed by atoms with Gasteiger partial charge in [0, 0.05) is 0 Å². The van der Waals surface area contributed by atoms with Gasteiger partial charge in [0.2, 0.25) is 0 Å². The van der Waals surface area contributed by atoms with Gasteiger partial charge in [-0.05, 0) is 24.3 Å². The number of anilines is 1. The van der Waals surface area contributed by atoms with Crippen molar-refractivity contribution in [3.63, 3.8) is 0 Å². The van der Waals surface area contributed by atoms with Crippen LogP contribution in [-0.2, 0) is 6.61 Å². The molecule has 82 valence electrons. The summed E-state index contributed by atoms with van der Waals surface area (Å²) in [5.41, 5.74) is 6.10. The largest absolute Gasteiger partial charge is 0.508 e. The zero-order valence-electron chi connectivity index (χ0n) is 8.50. The van der Waals surface area contributed by atoms with Gasteiger partial charge in [0.05, 0.1) is 18.1 Å². The molecule has 0 radical (unpaired) electrons. The van der Waals surface area contributed by atoms with Gasteiger partial charge in [-0.2, -0.15) is 0 Å². The molecule has 5 nitrogen and oxygen atoms in total. The van der Waals surface area contributed by atoms with Crippen molar-refractivity contribution in [3.05, 3.63) is 42.4 Å². The predicted octanol–water partition coefficient (Wildman–Crippen LogP) is 1.34. The molecule has 1 heterocycles. The Balaban J connectivity index is 1.97. The molecular formula is C11H11N3O2. The maximum atomic E-state index is 9.08. The van der Waals surface area contributed by atoms with Crippen LogP contribution in [0.25, 0.3) is 0 Å². The van der Waals surface area contributed by atoms with Gasteiger partial charge in [0.1, 0.15) is 23.9 Å². The summed E-state index contributed by atoms with van der Waals surface area (Å²) < 4.78 is 5.43. The third-order valence-electron chi connectivity index (χ3n) is 1.95. The summed E-state index contributed by atoms with van der Waals surface area (Å²) in [6, 6.07) is 6.48. The van der Waals surface area contributed by atoms with Crippen LogP contribution < -0.4 is 10.5 Å². The lowest BCUT2D eigenvalue weighted by molar-refractivity contribution is 0.300. The van der Waals surface area contributed by atoms with Crippen LogP contribution >= 0.6 is 0 Å². The molecule has 0 spiro atoms. The smallest absolute Gasteiger partial charge is 0.141 e. The Morgan fingerprint density at radius 1 is 1.12 bits per heavy atom. The van der Waals surface area contributed by atoms with Crippen LogP contribution in [0, 0.1) is 0 Å². The lowest BCUT2D eigenvalue weighted by Gasteiger charge is -2.05. The van der Waals surface area contributed by atoms with Crippen molar-refractivity contribution in [2.45, 2.75) is 6.61 Å². The Morgan fingerprint density at radius 3 is 2.50 bits per heavy atom. The molecular weight excluding hydrogens is 206 g/mol. The van der Waals surface area contributed by atoms with E-state index in [1.54, 1.807) is 30.5 Å². The Hall–Kier alpha value is -2.30. The van der Waals surface area contributed by atoms with Crippen molar-refractivity contribution in [2.75, 3.05) is 5.73 Å². The van der Waals surface area contributed by atoms with E-state index in [1.165, 1.54) is 6.20 Å². The number of nitrogens with two attached hydrogens (primary N) is 1. The van der Waals surface area contributed by atoms with Gasteiger partial charge in [-0.3, -0.25) is 4.98 Å². The van der Waals surface area contributed by atoms with Gasteiger partial charge >= 0.3 is 0 Å². The molecule has 0 saturated carbocycles. The average molecular weight is 217 g/mol. The van der Waals surface area contributed by atoms with E-state index in [9.17, 15) is 0 Å². The van der Waals surface area contributed by atoms with Crippen molar-refractivity contribution < 1.29 is 9.84 Å². The number of phenols is 1. The molecule has 0 unspecified atom stereocenters.